The minimum atomic E-state index is -0.239. The van der Waals surface area contributed by atoms with E-state index >= 15 is 0 Å². The van der Waals surface area contributed by atoms with Crippen molar-refractivity contribution in [1.29, 1.82) is 0 Å². The van der Waals surface area contributed by atoms with E-state index in [0.29, 0.717) is 5.90 Å². The molecule has 6 nitrogen and oxygen atoms in total. The van der Waals surface area contributed by atoms with Gasteiger partial charge in [0.2, 0.25) is 5.90 Å². The second-order valence-corrected chi connectivity index (χ2v) is 10.2. The maximum Gasteiger partial charge on any atom is 0.245 e. The van der Waals surface area contributed by atoms with Gasteiger partial charge < -0.3 is 10.1 Å². The van der Waals surface area contributed by atoms with Crippen LogP contribution >= 0.6 is 0 Å². The lowest BCUT2D eigenvalue weighted by atomic mass is 9.74. The zero-order chi connectivity index (χ0) is 23.9. The van der Waals surface area contributed by atoms with Gasteiger partial charge in [-0.05, 0) is 51.2 Å². The minimum Gasteiger partial charge on any atom is -0.450 e. The van der Waals surface area contributed by atoms with Gasteiger partial charge in [0.1, 0.15) is 11.4 Å². The van der Waals surface area contributed by atoms with Crippen molar-refractivity contribution in [3.8, 4) is 0 Å². The Morgan fingerprint density at radius 2 is 1.76 bits per heavy atom. The van der Waals surface area contributed by atoms with E-state index in [1.165, 1.54) is 16.7 Å². The molecule has 34 heavy (non-hydrogen) atoms. The molecule has 2 aliphatic rings. The van der Waals surface area contributed by atoms with Crippen LogP contribution in [0.3, 0.4) is 0 Å². The van der Waals surface area contributed by atoms with Crippen molar-refractivity contribution >= 4 is 11.7 Å². The number of aryl methyl sites for hydroxylation is 1. The first-order valence-electron chi connectivity index (χ1n) is 12.4. The van der Waals surface area contributed by atoms with Crippen molar-refractivity contribution in [3.63, 3.8) is 0 Å². The van der Waals surface area contributed by atoms with Gasteiger partial charge in [-0.25, -0.2) is 4.68 Å². The number of hydrazone groups is 1. The number of nitrogens with zero attached hydrogens (tertiary/aromatic N) is 3. The molecule has 0 bridgehead atoms. The van der Waals surface area contributed by atoms with Crippen LogP contribution in [0.15, 0.2) is 65.9 Å². The third-order valence-corrected chi connectivity index (χ3v) is 7.69. The third kappa shape index (κ3) is 3.65. The van der Waals surface area contributed by atoms with Crippen LogP contribution in [0.4, 0.5) is 5.82 Å². The molecule has 0 radical (unpaired) electrons. The molecular weight excluding hydrogens is 422 g/mol. The van der Waals surface area contributed by atoms with Gasteiger partial charge in [0, 0.05) is 0 Å². The molecule has 2 unspecified atom stereocenters. The van der Waals surface area contributed by atoms with Crippen molar-refractivity contribution in [2.45, 2.75) is 77.1 Å². The molecule has 6 heteroatoms. The summed E-state index contributed by atoms with van der Waals surface area (Å²) >= 11 is 0. The number of nitrogens with one attached hydrogen (secondary N) is 2. The highest BCUT2D eigenvalue weighted by atomic mass is 16.5. The lowest BCUT2D eigenvalue weighted by Gasteiger charge is -2.38. The van der Waals surface area contributed by atoms with Crippen molar-refractivity contribution in [1.82, 2.24) is 15.2 Å². The highest BCUT2D eigenvalue weighted by molar-refractivity contribution is 5.99. The SMILES string of the molecule is CCC(CC)(c1ccc(C)cc1)C1NN=C(c2cnn3c2NC(c2ccccc2)CC3(C)C)O1. The summed E-state index contributed by atoms with van der Waals surface area (Å²) in [6, 6.07) is 19.6. The number of hydrogen-bond donors (Lipinski definition) is 2. The average molecular weight is 458 g/mol. The first-order valence-corrected chi connectivity index (χ1v) is 12.4. The summed E-state index contributed by atoms with van der Waals surface area (Å²) < 4.78 is 8.64. The van der Waals surface area contributed by atoms with Gasteiger partial charge in [0.25, 0.3) is 0 Å². The average Bonchev–Trinajstić information content (AvgIpc) is 3.50. The molecule has 0 saturated carbocycles. The van der Waals surface area contributed by atoms with Gasteiger partial charge in [-0.15, -0.1) is 5.10 Å². The Balaban J connectivity index is 1.45. The Bertz CT molecular complexity index is 1180. The molecule has 5 rings (SSSR count). The molecule has 0 aliphatic carbocycles. The fourth-order valence-electron chi connectivity index (χ4n) is 5.50. The highest BCUT2D eigenvalue weighted by Gasteiger charge is 2.44. The van der Waals surface area contributed by atoms with Crippen LogP contribution in [0.1, 0.15) is 75.3 Å². The molecule has 0 amide bonds. The van der Waals surface area contributed by atoms with Gasteiger partial charge in [0.05, 0.1) is 23.2 Å². The summed E-state index contributed by atoms with van der Waals surface area (Å²) in [6.45, 7) is 11.0. The van der Waals surface area contributed by atoms with Crippen molar-refractivity contribution in [2.24, 2.45) is 5.10 Å². The van der Waals surface area contributed by atoms with E-state index < -0.39 is 0 Å². The lowest BCUT2D eigenvalue weighted by molar-refractivity contribution is 0.0811. The Labute approximate surface area is 202 Å². The van der Waals surface area contributed by atoms with Crippen molar-refractivity contribution in [2.75, 3.05) is 5.32 Å². The van der Waals surface area contributed by atoms with Gasteiger partial charge in [0.15, 0.2) is 6.23 Å². The lowest BCUT2D eigenvalue weighted by Crippen LogP contribution is -2.45. The number of hydrogen-bond acceptors (Lipinski definition) is 5. The summed E-state index contributed by atoms with van der Waals surface area (Å²) in [5, 5.41) is 13.1. The molecule has 0 spiro atoms. The Morgan fingerprint density at radius 3 is 2.44 bits per heavy atom. The summed E-state index contributed by atoms with van der Waals surface area (Å²) in [7, 11) is 0. The number of aromatic nitrogens is 2. The van der Waals surface area contributed by atoms with Crippen LogP contribution in [-0.4, -0.2) is 21.9 Å². The van der Waals surface area contributed by atoms with Gasteiger partial charge in [-0.1, -0.05) is 74.0 Å². The normalized spacial score (nSPS) is 21.1. The van der Waals surface area contributed by atoms with Gasteiger partial charge in [-0.3, -0.25) is 5.43 Å². The standard InChI is InChI=1S/C28H35N5O/c1-6-28(7-2,21-15-13-19(3)14-16-21)26-32-31-25(34-26)22-18-29-33-24(22)30-23(17-27(33,4)5)20-11-9-8-10-12-20/h8-16,18,23,26,30,32H,6-7,17H2,1-5H3. The quantitative estimate of drug-likeness (QED) is 0.487. The predicted molar refractivity (Wildman–Crippen MR) is 137 cm³/mol. The molecular formula is C28H35N5O. The molecule has 0 fully saturated rings. The van der Waals surface area contributed by atoms with Crippen molar-refractivity contribution < 1.29 is 4.74 Å². The topological polar surface area (TPSA) is 63.5 Å². The van der Waals surface area contributed by atoms with Crippen LogP contribution < -0.4 is 10.7 Å². The molecule has 0 saturated heterocycles. The molecule has 3 aromatic rings. The second-order valence-electron chi connectivity index (χ2n) is 10.2. The Hall–Kier alpha value is -3.28. The first kappa shape index (κ1) is 22.5. The van der Waals surface area contributed by atoms with Crippen LogP contribution in [0, 0.1) is 6.92 Å². The fourth-order valence-corrected chi connectivity index (χ4v) is 5.50. The molecule has 178 valence electrons. The number of ether oxygens (including phenoxy) is 1. The van der Waals surface area contributed by atoms with E-state index in [2.05, 4.69) is 110 Å². The molecule has 3 heterocycles. The minimum absolute atomic E-state index is 0.135. The Kier molecular flexibility index (Phi) is 5.62. The Morgan fingerprint density at radius 1 is 1.06 bits per heavy atom. The van der Waals surface area contributed by atoms with Crippen molar-refractivity contribution in [3.05, 3.63) is 83.0 Å². The van der Waals surface area contributed by atoms with Crippen LogP contribution in [0.2, 0.25) is 0 Å². The van der Waals surface area contributed by atoms with Gasteiger partial charge in [-0.2, -0.15) is 5.10 Å². The highest BCUT2D eigenvalue weighted by Crippen LogP contribution is 2.42. The van der Waals surface area contributed by atoms with E-state index in [9.17, 15) is 0 Å². The van der Waals surface area contributed by atoms with Crippen LogP contribution in [0.5, 0.6) is 0 Å². The van der Waals surface area contributed by atoms with Gasteiger partial charge >= 0.3 is 0 Å². The van der Waals surface area contributed by atoms with E-state index in [4.69, 9.17) is 9.84 Å². The number of anilines is 1. The third-order valence-electron chi connectivity index (χ3n) is 7.69. The van der Waals surface area contributed by atoms with E-state index in [-0.39, 0.29) is 23.2 Å². The van der Waals surface area contributed by atoms with E-state index in [1.54, 1.807) is 0 Å². The monoisotopic (exact) mass is 457 g/mol. The van der Waals surface area contributed by atoms with Crippen LogP contribution in [-0.2, 0) is 15.7 Å². The summed E-state index contributed by atoms with van der Waals surface area (Å²) in [5.41, 5.74) is 7.72. The maximum atomic E-state index is 6.56. The number of rotatable bonds is 6. The summed E-state index contributed by atoms with van der Waals surface area (Å²) in [5.74, 6) is 1.56. The first-order chi connectivity index (χ1) is 16.4. The predicted octanol–water partition coefficient (Wildman–Crippen LogP) is 5.85. The molecule has 2 atom stereocenters. The number of fused-ring (bicyclic) bond motifs is 1. The summed E-state index contributed by atoms with van der Waals surface area (Å²) in [6.07, 6.45) is 4.48. The smallest absolute Gasteiger partial charge is 0.245 e. The van der Waals surface area contributed by atoms with E-state index in [1.807, 2.05) is 6.20 Å². The fraction of sp³-hybridized carbons (Fsp3) is 0.429. The zero-order valence-electron chi connectivity index (χ0n) is 20.8. The maximum absolute atomic E-state index is 6.56. The molecule has 2 aromatic carbocycles. The van der Waals surface area contributed by atoms with Crippen LogP contribution in [0.25, 0.3) is 0 Å². The largest absolute Gasteiger partial charge is 0.450 e. The molecule has 2 N–H and O–H groups in total. The zero-order valence-corrected chi connectivity index (χ0v) is 20.8. The number of benzene rings is 2. The summed E-state index contributed by atoms with van der Waals surface area (Å²) in [4.78, 5) is 0. The second kappa shape index (κ2) is 8.49. The molecule has 2 aliphatic heterocycles. The van der Waals surface area contributed by atoms with E-state index in [0.717, 1.165) is 30.6 Å². The molecule has 1 aromatic heterocycles.